The molecule has 1 saturated heterocycles. The number of nitrogens with zero attached hydrogens (tertiary/aromatic N) is 3. The lowest BCUT2D eigenvalue weighted by Gasteiger charge is -2.36. The molecule has 2 heterocycles. The molecule has 0 saturated carbocycles. The Hall–Kier alpha value is -1.32. The zero-order chi connectivity index (χ0) is 14.7. The van der Waals surface area contributed by atoms with E-state index in [1.165, 1.54) is 30.5 Å². The Morgan fingerprint density at radius 3 is 2.71 bits per heavy atom. The number of benzene rings is 1. The Kier molecular flexibility index (Phi) is 4.61. The number of fused-ring (bicyclic) bond motifs is 1. The van der Waals surface area contributed by atoms with E-state index >= 15 is 0 Å². The number of halogens is 1. The van der Waals surface area contributed by atoms with Gasteiger partial charge in [-0.15, -0.1) is 0 Å². The molecule has 0 aliphatic carbocycles. The highest BCUT2D eigenvalue weighted by atomic mass is 35.5. The molecule has 1 aliphatic rings. The zero-order valence-corrected chi connectivity index (χ0v) is 13.3. The van der Waals surface area contributed by atoms with Gasteiger partial charge in [0.15, 0.2) is 0 Å². The number of unbranched alkanes of at least 4 members (excludes halogenated alkanes) is 1. The Morgan fingerprint density at radius 2 is 1.95 bits per heavy atom. The lowest BCUT2D eigenvalue weighted by Crippen LogP contribution is -2.46. The fourth-order valence-electron chi connectivity index (χ4n) is 2.98. The van der Waals surface area contributed by atoms with E-state index in [2.05, 4.69) is 33.8 Å². The van der Waals surface area contributed by atoms with Gasteiger partial charge in [0.1, 0.15) is 0 Å². The summed E-state index contributed by atoms with van der Waals surface area (Å²) in [6, 6.07) is 8.10. The van der Waals surface area contributed by atoms with Gasteiger partial charge < -0.3 is 4.90 Å². The molecule has 3 nitrogen and oxygen atoms in total. The standard InChI is InChI=1S/C17H22ClN3/c1-2-3-8-20-9-11-21(12-10-20)17-6-7-19-16-13-14(18)4-5-15(16)17/h4-7,13H,2-3,8-12H2,1H3. The van der Waals surface area contributed by atoms with Crippen LogP contribution >= 0.6 is 11.6 Å². The Balaban J connectivity index is 1.76. The number of anilines is 1. The number of hydrogen-bond acceptors (Lipinski definition) is 3. The van der Waals surface area contributed by atoms with Crippen LogP contribution < -0.4 is 4.90 Å². The first kappa shape index (κ1) is 14.6. The molecule has 1 aliphatic heterocycles. The van der Waals surface area contributed by atoms with Gasteiger partial charge in [-0.1, -0.05) is 24.9 Å². The van der Waals surface area contributed by atoms with Gasteiger partial charge in [-0.2, -0.15) is 0 Å². The second kappa shape index (κ2) is 6.63. The van der Waals surface area contributed by atoms with Crippen LogP contribution in [0.3, 0.4) is 0 Å². The Morgan fingerprint density at radius 1 is 1.14 bits per heavy atom. The van der Waals surface area contributed by atoms with Crippen molar-refractivity contribution >= 4 is 28.2 Å². The third kappa shape index (κ3) is 3.30. The van der Waals surface area contributed by atoms with Crippen LogP contribution in [0, 0.1) is 0 Å². The molecule has 21 heavy (non-hydrogen) atoms. The molecule has 0 atom stereocenters. The summed E-state index contributed by atoms with van der Waals surface area (Å²) in [6.07, 6.45) is 4.46. The molecule has 112 valence electrons. The van der Waals surface area contributed by atoms with Crippen molar-refractivity contribution < 1.29 is 0 Å². The topological polar surface area (TPSA) is 19.4 Å². The van der Waals surface area contributed by atoms with Crippen molar-refractivity contribution in [2.45, 2.75) is 19.8 Å². The van der Waals surface area contributed by atoms with Crippen LogP contribution in [0.25, 0.3) is 10.9 Å². The van der Waals surface area contributed by atoms with Crippen LogP contribution in [-0.4, -0.2) is 42.6 Å². The van der Waals surface area contributed by atoms with Crippen LogP contribution in [0.1, 0.15) is 19.8 Å². The maximum atomic E-state index is 6.06. The highest BCUT2D eigenvalue weighted by Gasteiger charge is 2.18. The van der Waals surface area contributed by atoms with E-state index in [0.29, 0.717) is 0 Å². The van der Waals surface area contributed by atoms with Crippen molar-refractivity contribution in [3.63, 3.8) is 0 Å². The average molecular weight is 304 g/mol. The summed E-state index contributed by atoms with van der Waals surface area (Å²) in [5.74, 6) is 0. The second-order valence-electron chi connectivity index (χ2n) is 5.67. The molecular weight excluding hydrogens is 282 g/mol. The first-order valence-corrected chi connectivity index (χ1v) is 8.17. The summed E-state index contributed by atoms with van der Waals surface area (Å²) >= 11 is 6.06. The minimum Gasteiger partial charge on any atom is -0.368 e. The minimum atomic E-state index is 0.747. The Labute approximate surface area is 131 Å². The minimum absolute atomic E-state index is 0.747. The highest BCUT2D eigenvalue weighted by Crippen LogP contribution is 2.28. The van der Waals surface area contributed by atoms with E-state index in [-0.39, 0.29) is 0 Å². The van der Waals surface area contributed by atoms with Crippen molar-refractivity contribution in [3.05, 3.63) is 35.5 Å². The lowest BCUT2D eigenvalue weighted by atomic mass is 10.1. The van der Waals surface area contributed by atoms with Gasteiger partial charge in [-0.3, -0.25) is 9.88 Å². The normalized spacial score (nSPS) is 16.6. The molecule has 0 bridgehead atoms. The summed E-state index contributed by atoms with van der Waals surface area (Å²) in [6.45, 7) is 7.97. The fourth-order valence-corrected chi connectivity index (χ4v) is 3.14. The average Bonchev–Trinajstić information content (AvgIpc) is 2.52. The van der Waals surface area contributed by atoms with E-state index in [0.717, 1.165) is 36.7 Å². The first-order valence-electron chi connectivity index (χ1n) is 7.79. The monoisotopic (exact) mass is 303 g/mol. The predicted octanol–water partition coefficient (Wildman–Crippen LogP) is 3.81. The van der Waals surface area contributed by atoms with Gasteiger partial charge in [0.05, 0.1) is 5.52 Å². The molecule has 0 N–H and O–H groups in total. The summed E-state index contributed by atoms with van der Waals surface area (Å²) in [5.41, 5.74) is 2.26. The fraction of sp³-hybridized carbons (Fsp3) is 0.471. The molecule has 3 rings (SSSR count). The van der Waals surface area contributed by atoms with E-state index in [1.807, 2.05) is 18.3 Å². The van der Waals surface area contributed by atoms with Crippen molar-refractivity contribution in [1.82, 2.24) is 9.88 Å². The number of hydrogen-bond donors (Lipinski definition) is 0. The van der Waals surface area contributed by atoms with Crippen molar-refractivity contribution in [2.75, 3.05) is 37.6 Å². The van der Waals surface area contributed by atoms with Gasteiger partial charge >= 0.3 is 0 Å². The third-order valence-corrected chi connectivity index (χ3v) is 4.46. The van der Waals surface area contributed by atoms with Crippen LogP contribution in [0.2, 0.25) is 5.02 Å². The summed E-state index contributed by atoms with van der Waals surface area (Å²) in [7, 11) is 0. The van der Waals surface area contributed by atoms with Gasteiger partial charge in [0.25, 0.3) is 0 Å². The Bertz CT molecular complexity index is 606. The second-order valence-corrected chi connectivity index (χ2v) is 6.11. The molecule has 4 heteroatoms. The van der Waals surface area contributed by atoms with Crippen molar-refractivity contribution in [2.24, 2.45) is 0 Å². The molecule has 1 fully saturated rings. The number of piperazine rings is 1. The van der Waals surface area contributed by atoms with E-state index in [9.17, 15) is 0 Å². The van der Waals surface area contributed by atoms with E-state index in [4.69, 9.17) is 11.6 Å². The van der Waals surface area contributed by atoms with Gasteiger partial charge in [-0.05, 0) is 37.2 Å². The SMILES string of the molecule is CCCCN1CCN(c2ccnc3cc(Cl)ccc23)CC1. The summed E-state index contributed by atoms with van der Waals surface area (Å²) < 4.78 is 0. The quantitative estimate of drug-likeness (QED) is 0.856. The van der Waals surface area contributed by atoms with Gasteiger partial charge in [-0.25, -0.2) is 0 Å². The van der Waals surface area contributed by atoms with Crippen molar-refractivity contribution in [1.29, 1.82) is 0 Å². The maximum Gasteiger partial charge on any atom is 0.0737 e. The van der Waals surface area contributed by atoms with Crippen LogP contribution in [-0.2, 0) is 0 Å². The summed E-state index contributed by atoms with van der Waals surface area (Å²) in [5, 5.41) is 1.94. The van der Waals surface area contributed by atoms with Gasteiger partial charge in [0.2, 0.25) is 0 Å². The smallest absolute Gasteiger partial charge is 0.0737 e. The number of rotatable bonds is 4. The molecular formula is C17H22ClN3. The van der Waals surface area contributed by atoms with Crippen LogP contribution in [0.5, 0.6) is 0 Å². The molecule has 0 spiro atoms. The van der Waals surface area contributed by atoms with Gasteiger partial charge in [0, 0.05) is 48.5 Å². The molecule has 1 aromatic carbocycles. The molecule has 2 aromatic rings. The molecule has 0 unspecified atom stereocenters. The molecule has 0 radical (unpaired) electrons. The van der Waals surface area contributed by atoms with Crippen LogP contribution in [0.15, 0.2) is 30.5 Å². The molecule has 0 amide bonds. The zero-order valence-electron chi connectivity index (χ0n) is 12.6. The molecule has 1 aromatic heterocycles. The summed E-state index contributed by atoms with van der Waals surface area (Å²) in [4.78, 5) is 9.47. The van der Waals surface area contributed by atoms with E-state index in [1.54, 1.807) is 0 Å². The number of pyridine rings is 1. The maximum absolute atomic E-state index is 6.06. The van der Waals surface area contributed by atoms with E-state index < -0.39 is 0 Å². The highest BCUT2D eigenvalue weighted by molar-refractivity contribution is 6.31. The third-order valence-electron chi connectivity index (χ3n) is 4.22. The first-order chi connectivity index (χ1) is 10.3. The predicted molar refractivity (Wildman–Crippen MR) is 90.3 cm³/mol. The van der Waals surface area contributed by atoms with Crippen molar-refractivity contribution in [3.8, 4) is 0 Å². The number of aromatic nitrogens is 1. The van der Waals surface area contributed by atoms with Crippen LogP contribution in [0.4, 0.5) is 5.69 Å². The lowest BCUT2D eigenvalue weighted by molar-refractivity contribution is 0.254. The largest absolute Gasteiger partial charge is 0.368 e.